The van der Waals surface area contributed by atoms with Crippen molar-refractivity contribution >= 4 is 34.0 Å². The van der Waals surface area contributed by atoms with Crippen LogP contribution in [0.3, 0.4) is 0 Å². The molecule has 0 saturated heterocycles. The molecule has 0 aliphatic carbocycles. The van der Waals surface area contributed by atoms with Crippen molar-refractivity contribution in [3.63, 3.8) is 0 Å². The standard InChI is InChI=1S/C19H21NO4S/c1-4-24-19(23)17-12(2)13(3)25-18(17)20-16(22)11-10-15(21)14-8-6-5-7-9-14/h5-9H,4,10-11H2,1-3H3,(H,20,22). The fraction of sp³-hybridized carbons (Fsp3) is 0.316. The highest BCUT2D eigenvalue weighted by Gasteiger charge is 2.22. The van der Waals surface area contributed by atoms with Crippen molar-refractivity contribution in [1.29, 1.82) is 0 Å². The number of hydrogen-bond donors (Lipinski definition) is 1. The van der Waals surface area contributed by atoms with Crippen molar-refractivity contribution in [1.82, 2.24) is 0 Å². The minimum Gasteiger partial charge on any atom is -0.462 e. The molecule has 0 spiro atoms. The van der Waals surface area contributed by atoms with Gasteiger partial charge in [0.15, 0.2) is 5.78 Å². The highest BCUT2D eigenvalue weighted by atomic mass is 32.1. The quantitative estimate of drug-likeness (QED) is 0.595. The van der Waals surface area contributed by atoms with E-state index >= 15 is 0 Å². The van der Waals surface area contributed by atoms with E-state index in [2.05, 4.69) is 5.32 Å². The fourth-order valence-electron chi connectivity index (χ4n) is 2.35. The first-order chi connectivity index (χ1) is 11.9. The molecular formula is C19H21NO4S. The van der Waals surface area contributed by atoms with Crippen LogP contribution in [0.1, 0.15) is 50.9 Å². The van der Waals surface area contributed by atoms with Gasteiger partial charge in [-0.1, -0.05) is 30.3 Å². The summed E-state index contributed by atoms with van der Waals surface area (Å²) < 4.78 is 5.06. The molecule has 1 heterocycles. The third-order valence-electron chi connectivity index (χ3n) is 3.79. The number of benzene rings is 1. The second-order valence-electron chi connectivity index (χ2n) is 5.55. The van der Waals surface area contributed by atoms with Gasteiger partial charge in [-0.05, 0) is 26.3 Å². The van der Waals surface area contributed by atoms with E-state index in [0.29, 0.717) is 16.1 Å². The predicted molar refractivity (Wildman–Crippen MR) is 98.4 cm³/mol. The Morgan fingerprint density at radius 3 is 2.40 bits per heavy atom. The zero-order valence-corrected chi connectivity index (χ0v) is 15.4. The van der Waals surface area contributed by atoms with Crippen LogP contribution in [0.5, 0.6) is 0 Å². The molecule has 0 atom stereocenters. The summed E-state index contributed by atoms with van der Waals surface area (Å²) in [6.45, 7) is 5.72. The Balaban J connectivity index is 2.02. The monoisotopic (exact) mass is 359 g/mol. The lowest BCUT2D eigenvalue weighted by Crippen LogP contribution is -2.15. The van der Waals surface area contributed by atoms with Crippen LogP contribution in [0.25, 0.3) is 0 Å². The SMILES string of the molecule is CCOC(=O)c1c(NC(=O)CCC(=O)c2ccccc2)sc(C)c1C. The number of anilines is 1. The van der Waals surface area contributed by atoms with Gasteiger partial charge in [-0.25, -0.2) is 4.79 Å². The Bertz CT molecular complexity index is 780. The highest BCUT2D eigenvalue weighted by Crippen LogP contribution is 2.33. The molecule has 1 amide bonds. The molecule has 0 unspecified atom stereocenters. The van der Waals surface area contributed by atoms with E-state index in [9.17, 15) is 14.4 Å². The van der Waals surface area contributed by atoms with Crippen molar-refractivity contribution < 1.29 is 19.1 Å². The summed E-state index contributed by atoms with van der Waals surface area (Å²) in [5.74, 6) is -0.823. The maximum Gasteiger partial charge on any atom is 0.341 e. The molecule has 6 heteroatoms. The minimum absolute atomic E-state index is 0.0615. The van der Waals surface area contributed by atoms with E-state index in [4.69, 9.17) is 4.74 Å². The number of carbonyl (C=O) groups is 3. The average Bonchev–Trinajstić information content (AvgIpc) is 2.87. The van der Waals surface area contributed by atoms with Crippen LogP contribution < -0.4 is 5.32 Å². The number of aryl methyl sites for hydroxylation is 1. The summed E-state index contributed by atoms with van der Waals surface area (Å²) in [4.78, 5) is 37.3. The molecule has 5 nitrogen and oxygen atoms in total. The molecule has 25 heavy (non-hydrogen) atoms. The first-order valence-electron chi connectivity index (χ1n) is 8.09. The molecule has 0 fully saturated rings. The van der Waals surface area contributed by atoms with E-state index in [1.54, 1.807) is 31.2 Å². The number of rotatable bonds is 7. The van der Waals surface area contributed by atoms with Gasteiger partial charge in [0.05, 0.1) is 12.2 Å². The normalized spacial score (nSPS) is 10.4. The Morgan fingerprint density at radius 1 is 1.08 bits per heavy atom. The molecule has 0 radical (unpaired) electrons. The third-order valence-corrected chi connectivity index (χ3v) is 4.92. The Kier molecular flexibility index (Phi) is 6.47. The number of Topliss-reactive ketones (excluding diaryl/α,β-unsaturated/α-hetero) is 1. The van der Waals surface area contributed by atoms with E-state index < -0.39 is 5.97 Å². The van der Waals surface area contributed by atoms with E-state index in [-0.39, 0.29) is 31.1 Å². The lowest BCUT2D eigenvalue weighted by atomic mass is 10.1. The molecule has 0 aliphatic heterocycles. The summed E-state index contributed by atoms with van der Waals surface area (Å²) >= 11 is 1.34. The van der Waals surface area contributed by atoms with Crippen LogP contribution in [0.2, 0.25) is 0 Å². The van der Waals surface area contributed by atoms with Crippen LogP contribution >= 0.6 is 11.3 Å². The topological polar surface area (TPSA) is 72.5 Å². The minimum atomic E-state index is -0.444. The molecule has 1 aromatic heterocycles. The summed E-state index contributed by atoms with van der Waals surface area (Å²) in [5.41, 5.74) is 1.79. The number of esters is 1. The number of thiophene rings is 1. The molecule has 0 bridgehead atoms. The number of amides is 1. The van der Waals surface area contributed by atoms with Gasteiger partial charge in [-0.2, -0.15) is 0 Å². The zero-order chi connectivity index (χ0) is 18.4. The van der Waals surface area contributed by atoms with Crippen molar-refractivity contribution in [2.24, 2.45) is 0 Å². The van der Waals surface area contributed by atoms with Crippen LogP contribution in [0, 0.1) is 13.8 Å². The number of carbonyl (C=O) groups excluding carboxylic acids is 3. The van der Waals surface area contributed by atoms with Crippen LogP contribution in [0.15, 0.2) is 30.3 Å². The Morgan fingerprint density at radius 2 is 1.76 bits per heavy atom. The molecule has 0 aliphatic rings. The number of nitrogens with one attached hydrogen (secondary N) is 1. The third kappa shape index (κ3) is 4.76. The second kappa shape index (κ2) is 8.58. The maximum absolute atomic E-state index is 12.2. The average molecular weight is 359 g/mol. The number of ketones is 1. The lowest BCUT2D eigenvalue weighted by Gasteiger charge is -2.07. The summed E-state index contributed by atoms with van der Waals surface area (Å²) in [6, 6.07) is 8.87. The second-order valence-corrected chi connectivity index (χ2v) is 6.77. The lowest BCUT2D eigenvalue weighted by molar-refractivity contribution is -0.116. The van der Waals surface area contributed by atoms with Gasteiger partial charge in [0.25, 0.3) is 0 Å². The first-order valence-corrected chi connectivity index (χ1v) is 8.90. The van der Waals surface area contributed by atoms with Gasteiger partial charge in [0.1, 0.15) is 5.00 Å². The van der Waals surface area contributed by atoms with Crippen molar-refractivity contribution in [3.8, 4) is 0 Å². The largest absolute Gasteiger partial charge is 0.462 e. The van der Waals surface area contributed by atoms with E-state index in [1.165, 1.54) is 11.3 Å². The molecule has 2 aromatic rings. The van der Waals surface area contributed by atoms with Crippen molar-refractivity contribution in [3.05, 3.63) is 51.9 Å². The van der Waals surface area contributed by atoms with Gasteiger partial charge in [0.2, 0.25) is 5.91 Å². The Hall–Kier alpha value is -2.47. The van der Waals surface area contributed by atoms with E-state index in [1.807, 2.05) is 19.9 Å². The van der Waals surface area contributed by atoms with Gasteiger partial charge in [-0.3, -0.25) is 9.59 Å². The summed E-state index contributed by atoms with van der Waals surface area (Å²) in [7, 11) is 0. The van der Waals surface area contributed by atoms with Crippen LogP contribution in [-0.4, -0.2) is 24.3 Å². The molecule has 2 rings (SSSR count). The van der Waals surface area contributed by atoms with Gasteiger partial charge in [0, 0.05) is 23.3 Å². The van der Waals surface area contributed by atoms with Crippen LogP contribution in [0.4, 0.5) is 5.00 Å². The summed E-state index contributed by atoms with van der Waals surface area (Å²) in [6.07, 6.45) is 0.180. The number of ether oxygens (including phenoxy) is 1. The number of hydrogen-bond acceptors (Lipinski definition) is 5. The fourth-order valence-corrected chi connectivity index (χ4v) is 3.41. The van der Waals surface area contributed by atoms with E-state index in [0.717, 1.165) is 10.4 Å². The van der Waals surface area contributed by atoms with Gasteiger partial charge >= 0.3 is 5.97 Å². The zero-order valence-electron chi connectivity index (χ0n) is 14.5. The molecule has 0 saturated carbocycles. The molecule has 132 valence electrons. The maximum atomic E-state index is 12.2. The summed E-state index contributed by atoms with van der Waals surface area (Å²) in [5, 5.41) is 3.22. The van der Waals surface area contributed by atoms with Crippen LogP contribution in [-0.2, 0) is 9.53 Å². The molecule has 1 N–H and O–H groups in total. The highest BCUT2D eigenvalue weighted by molar-refractivity contribution is 7.16. The first kappa shape index (κ1) is 18.9. The van der Waals surface area contributed by atoms with Gasteiger partial charge < -0.3 is 10.1 Å². The predicted octanol–water partition coefficient (Wildman–Crippen LogP) is 4.14. The smallest absolute Gasteiger partial charge is 0.341 e. The molecule has 1 aromatic carbocycles. The molecular weight excluding hydrogens is 338 g/mol. The van der Waals surface area contributed by atoms with Crippen molar-refractivity contribution in [2.75, 3.05) is 11.9 Å². The van der Waals surface area contributed by atoms with Gasteiger partial charge in [-0.15, -0.1) is 11.3 Å². The Labute approximate surface area is 151 Å². The van der Waals surface area contributed by atoms with Crippen molar-refractivity contribution in [2.45, 2.75) is 33.6 Å².